The first-order valence-electron chi connectivity index (χ1n) is 4.63. The fourth-order valence-corrected chi connectivity index (χ4v) is 1.17. The van der Waals surface area contributed by atoms with Gasteiger partial charge in [-0.3, -0.25) is 0 Å². The highest BCUT2D eigenvalue weighted by Gasteiger charge is 1.98. The van der Waals surface area contributed by atoms with Crippen molar-refractivity contribution in [2.45, 2.75) is 46.0 Å². The Morgan fingerprint density at radius 3 is 2.33 bits per heavy atom. The molecule has 0 saturated heterocycles. The second-order valence-corrected chi connectivity index (χ2v) is 2.99. The first-order chi connectivity index (χ1) is 5.70. The largest absolute Gasteiger partial charge is 0.478 e. The molecule has 0 aromatic heterocycles. The molecule has 2 heteroatoms. The predicted molar refractivity (Wildman–Crippen MR) is 50.2 cm³/mol. The number of carboxylic acid groups (broad SMARTS) is 1. The lowest BCUT2D eigenvalue weighted by Gasteiger charge is -2.02. The van der Waals surface area contributed by atoms with Gasteiger partial charge in [-0.2, -0.15) is 0 Å². The van der Waals surface area contributed by atoms with Crippen molar-refractivity contribution >= 4 is 5.97 Å². The van der Waals surface area contributed by atoms with E-state index in [0.29, 0.717) is 0 Å². The van der Waals surface area contributed by atoms with Gasteiger partial charge in [-0.1, -0.05) is 32.3 Å². The van der Waals surface area contributed by atoms with Crippen molar-refractivity contribution in [2.75, 3.05) is 0 Å². The molecule has 0 heterocycles. The van der Waals surface area contributed by atoms with E-state index in [-0.39, 0.29) is 0 Å². The summed E-state index contributed by atoms with van der Waals surface area (Å²) in [6.45, 7) is 4.19. The Balaban J connectivity index is 3.93. The second-order valence-electron chi connectivity index (χ2n) is 2.99. The van der Waals surface area contributed by atoms with E-state index in [1.165, 1.54) is 6.08 Å². The Morgan fingerprint density at radius 1 is 1.25 bits per heavy atom. The monoisotopic (exact) mass is 170 g/mol. The van der Waals surface area contributed by atoms with Gasteiger partial charge in [0.1, 0.15) is 0 Å². The van der Waals surface area contributed by atoms with Gasteiger partial charge in [0.05, 0.1) is 0 Å². The van der Waals surface area contributed by atoms with Crippen LogP contribution in [0.3, 0.4) is 0 Å². The molecule has 1 N–H and O–H groups in total. The first-order valence-corrected chi connectivity index (χ1v) is 4.63. The van der Waals surface area contributed by atoms with Gasteiger partial charge in [-0.25, -0.2) is 4.79 Å². The molecular weight excluding hydrogens is 152 g/mol. The molecule has 0 aromatic rings. The molecule has 0 rings (SSSR count). The van der Waals surface area contributed by atoms with E-state index < -0.39 is 5.97 Å². The number of allylic oxidation sites excluding steroid dienone is 1. The molecule has 0 unspecified atom stereocenters. The third-order valence-corrected chi connectivity index (χ3v) is 1.75. The fraction of sp³-hybridized carbons (Fsp3) is 0.700. The summed E-state index contributed by atoms with van der Waals surface area (Å²) in [5.41, 5.74) is 1.08. The summed E-state index contributed by atoms with van der Waals surface area (Å²) in [7, 11) is 0. The van der Waals surface area contributed by atoms with Gasteiger partial charge in [0.25, 0.3) is 0 Å². The van der Waals surface area contributed by atoms with Gasteiger partial charge in [0.2, 0.25) is 0 Å². The summed E-state index contributed by atoms with van der Waals surface area (Å²) in [6, 6.07) is 0. The molecule has 0 aromatic carbocycles. The van der Waals surface area contributed by atoms with E-state index in [1.807, 2.05) is 0 Å². The molecule has 70 valence electrons. The lowest BCUT2D eigenvalue weighted by molar-refractivity contribution is -0.131. The second kappa shape index (κ2) is 6.89. The summed E-state index contributed by atoms with van der Waals surface area (Å²) in [5.74, 6) is -0.811. The smallest absolute Gasteiger partial charge is 0.328 e. The average Bonchev–Trinajstić information content (AvgIpc) is 2.00. The van der Waals surface area contributed by atoms with Crippen LogP contribution in [0.4, 0.5) is 0 Å². The number of unbranched alkanes of at least 4 members (excludes halogenated alkanes) is 1. The Kier molecular flexibility index (Phi) is 6.44. The number of aliphatic carboxylic acids is 1. The van der Waals surface area contributed by atoms with Crippen LogP contribution in [0.25, 0.3) is 0 Å². The molecule has 0 bridgehead atoms. The molecule has 0 radical (unpaired) electrons. The van der Waals surface area contributed by atoms with E-state index in [4.69, 9.17) is 5.11 Å². The highest BCUT2D eigenvalue weighted by atomic mass is 16.4. The van der Waals surface area contributed by atoms with Gasteiger partial charge in [0.15, 0.2) is 0 Å². The van der Waals surface area contributed by atoms with Gasteiger partial charge >= 0.3 is 5.97 Å². The zero-order valence-corrected chi connectivity index (χ0v) is 7.97. The number of carboxylic acids is 1. The molecular formula is C10H18O2. The maximum absolute atomic E-state index is 10.4. The van der Waals surface area contributed by atoms with Crippen LogP contribution >= 0.6 is 0 Å². The summed E-state index contributed by atoms with van der Waals surface area (Å²) in [4.78, 5) is 10.4. The van der Waals surface area contributed by atoms with Crippen molar-refractivity contribution in [2.24, 2.45) is 0 Å². The van der Waals surface area contributed by atoms with E-state index in [2.05, 4.69) is 13.8 Å². The maximum atomic E-state index is 10.4. The van der Waals surface area contributed by atoms with E-state index >= 15 is 0 Å². The minimum atomic E-state index is -0.811. The molecule has 0 amide bonds. The van der Waals surface area contributed by atoms with Crippen LogP contribution in [0.2, 0.25) is 0 Å². The molecule has 0 aliphatic heterocycles. The Morgan fingerprint density at radius 2 is 1.92 bits per heavy atom. The van der Waals surface area contributed by atoms with Gasteiger partial charge < -0.3 is 5.11 Å². The minimum absolute atomic E-state index is 0.811. The van der Waals surface area contributed by atoms with Gasteiger partial charge in [0, 0.05) is 6.08 Å². The van der Waals surface area contributed by atoms with Crippen molar-refractivity contribution in [1.29, 1.82) is 0 Å². The summed E-state index contributed by atoms with van der Waals surface area (Å²) < 4.78 is 0. The predicted octanol–water partition coefficient (Wildman–Crippen LogP) is 2.99. The Labute approximate surface area is 74.3 Å². The average molecular weight is 170 g/mol. The van der Waals surface area contributed by atoms with Crippen LogP contribution in [-0.4, -0.2) is 11.1 Å². The van der Waals surface area contributed by atoms with Crippen molar-refractivity contribution in [3.05, 3.63) is 11.6 Å². The van der Waals surface area contributed by atoms with Crippen molar-refractivity contribution in [3.8, 4) is 0 Å². The molecule has 0 fully saturated rings. The Hall–Kier alpha value is -0.790. The first kappa shape index (κ1) is 11.2. The third-order valence-electron chi connectivity index (χ3n) is 1.75. The van der Waals surface area contributed by atoms with E-state index in [0.717, 1.165) is 37.7 Å². The Bertz CT molecular complexity index is 159. The normalized spacial score (nSPS) is 11.7. The third kappa shape index (κ3) is 5.96. The summed E-state index contributed by atoms with van der Waals surface area (Å²) in [6.07, 6.45) is 6.48. The van der Waals surface area contributed by atoms with Crippen LogP contribution in [0, 0.1) is 0 Å². The molecule has 0 aliphatic rings. The zero-order chi connectivity index (χ0) is 9.40. The molecule has 2 nitrogen and oxygen atoms in total. The highest BCUT2D eigenvalue weighted by molar-refractivity contribution is 5.80. The molecule has 0 spiro atoms. The lowest BCUT2D eigenvalue weighted by Crippen LogP contribution is -1.93. The molecule has 0 aliphatic carbocycles. The minimum Gasteiger partial charge on any atom is -0.478 e. The number of hydrogen-bond acceptors (Lipinski definition) is 1. The van der Waals surface area contributed by atoms with Crippen LogP contribution in [0.1, 0.15) is 46.0 Å². The van der Waals surface area contributed by atoms with Crippen LogP contribution in [0.15, 0.2) is 11.6 Å². The topological polar surface area (TPSA) is 37.3 Å². The fourth-order valence-electron chi connectivity index (χ4n) is 1.17. The molecule has 0 atom stereocenters. The van der Waals surface area contributed by atoms with Gasteiger partial charge in [-0.05, 0) is 19.3 Å². The summed E-state index contributed by atoms with van der Waals surface area (Å²) >= 11 is 0. The lowest BCUT2D eigenvalue weighted by atomic mass is 10.0. The zero-order valence-electron chi connectivity index (χ0n) is 7.97. The van der Waals surface area contributed by atoms with Crippen molar-refractivity contribution in [1.82, 2.24) is 0 Å². The number of carbonyl (C=O) groups is 1. The van der Waals surface area contributed by atoms with Crippen LogP contribution in [-0.2, 0) is 4.79 Å². The molecule has 0 saturated carbocycles. The maximum Gasteiger partial charge on any atom is 0.328 e. The summed E-state index contributed by atoms with van der Waals surface area (Å²) in [5, 5.41) is 8.53. The van der Waals surface area contributed by atoms with Gasteiger partial charge in [-0.15, -0.1) is 0 Å². The number of hydrogen-bond donors (Lipinski definition) is 1. The van der Waals surface area contributed by atoms with Crippen molar-refractivity contribution < 1.29 is 9.90 Å². The van der Waals surface area contributed by atoms with E-state index in [9.17, 15) is 4.79 Å². The van der Waals surface area contributed by atoms with Crippen molar-refractivity contribution in [3.63, 3.8) is 0 Å². The molecule has 12 heavy (non-hydrogen) atoms. The number of rotatable bonds is 6. The standard InChI is InChI=1S/C10H18O2/c1-3-5-7-9(6-4-2)8-10(11)12/h8H,3-7H2,1-2H3,(H,11,12)/b9-8-. The highest BCUT2D eigenvalue weighted by Crippen LogP contribution is 2.12. The van der Waals surface area contributed by atoms with Crippen LogP contribution < -0.4 is 0 Å². The quantitative estimate of drug-likeness (QED) is 0.622. The SMILES string of the molecule is CCCC/C(=C\C(=O)O)CCC. The van der Waals surface area contributed by atoms with Crippen LogP contribution in [0.5, 0.6) is 0 Å². The van der Waals surface area contributed by atoms with E-state index in [1.54, 1.807) is 0 Å².